The van der Waals surface area contributed by atoms with Crippen molar-refractivity contribution >= 4 is 16.8 Å². The molecule has 3 aromatic rings. The topological polar surface area (TPSA) is 59.0 Å². The van der Waals surface area contributed by atoms with Crippen LogP contribution in [0.3, 0.4) is 0 Å². The molecule has 0 bridgehead atoms. The Morgan fingerprint density at radius 1 is 1.12 bits per heavy atom. The standard InChI is InChI=1S/C20H22N4O/c1-13(2)9-19-21-11-14(12-22-19)18-10-16(20(25)24(3)4)15-7-5-6-8-17(15)23-18/h5-8,10-13H,9H2,1-4H3. The molecule has 1 amide bonds. The van der Waals surface area contributed by atoms with Gasteiger partial charge in [-0.25, -0.2) is 15.0 Å². The van der Waals surface area contributed by atoms with Gasteiger partial charge in [0.15, 0.2) is 0 Å². The van der Waals surface area contributed by atoms with Crippen molar-refractivity contribution in [2.24, 2.45) is 5.92 Å². The van der Waals surface area contributed by atoms with Gasteiger partial charge in [-0.3, -0.25) is 4.79 Å². The maximum Gasteiger partial charge on any atom is 0.254 e. The summed E-state index contributed by atoms with van der Waals surface area (Å²) in [6, 6.07) is 9.50. The summed E-state index contributed by atoms with van der Waals surface area (Å²) in [5.74, 6) is 1.29. The normalized spacial score (nSPS) is 11.1. The molecule has 3 rings (SSSR count). The van der Waals surface area contributed by atoms with Crippen LogP contribution in [0.15, 0.2) is 42.7 Å². The second kappa shape index (κ2) is 6.97. The molecule has 2 heterocycles. The van der Waals surface area contributed by atoms with Gasteiger partial charge in [0.1, 0.15) is 5.82 Å². The van der Waals surface area contributed by atoms with Crippen LogP contribution < -0.4 is 0 Å². The molecule has 128 valence electrons. The number of fused-ring (bicyclic) bond motifs is 1. The zero-order chi connectivity index (χ0) is 18.0. The van der Waals surface area contributed by atoms with E-state index in [1.807, 2.05) is 30.3 Å². The fraction of sp³-hybridized carbons (Fsp3) is 0.300. The maximum absolute atomic E-state index is 12.6. The van der Waals surface area contributed by atoms with E-state index in [-0.39, 0.29) is 5.91 Å². The molecule has 5 nitrogen and oxygen atoms in total. The molecular formula is C20H22N4O. The number of hydrogen-bond donors (Lipinski definition) is 0. The molecule has 0 saturated heterocycles. The Hall–Kier alpha value is -2.82. The lowest BCUT2D eigenvalue weighted by atomic mass is 10.0. The van der Waals surface area contributed by atoms with Crippen molar-refractivity contribution in [1.29, 1.82) is 0 Å². The van der Waals surface area contributed by atoms with Gasteiger partial charge in [-0.1, -0.05) is 32.0 Å². The number of aromatic nitrogens is 3. The lowest BCUT2D eigenvalue weighted by Gasteiger charge is -2.14. The van der Waals surface area contributed by atoms with E-state index in [4.69, 9.17) is 0 Å². The van der Waals surface area contributed by atoms with Gasteiger partial charge in [0.05, 0.1) is 16.8 Å². The molecule has 0 N–H and O–H groups in total. The Kier molecular flexibility index (Phi) is 4.74. The van der Waals surface area contributed by atoms with Gasteiger partial charge in [-0.05, 0) is 18.1 Å². The molecule has 5 heteroatoms. The zero-order valence-electron chi connectivity index (χ0n) is 15.0. The zero-order valence-corrected chi connectivity index (χ0v) is 15.0. The molecule has 2 aromatic heterocycles. The number of para-hydroxylation sites is 1. The monoisotopic (exact) mass is 334 g/mol. The predicted octanol–water partition coefficient (Wildman–Crippen LogP) is 3.59. The molecule has 25 heavy (non-hydrogen) atoms. The number of rotatable bonds is 4. The van der Waals surface area contributed by atoms with Crippen LogP contribution in [0, 0.1) is 5.92 Å². The number of carbonyl (C=O) groups is 1. The number of hydrogen-bond acceptors (Lipinski definition) is 4. The van der Waals surface area contributed by atoms with Crippen molar-refractivity contribution in [3.8, 4) is 11.3 Å². The van der Waals surface area contributed by atoms with E-state index >= 15 is 0 Å². The molecule has 0 spiro atoms. The van der Waals surface area contributed by atoms with Gasteiger partial charge in [0, 0.05) is 43.9 Å². The number of carbonyl (C=O) groups excluding carboxylic acids is 1. The third-order valence-corrected chi connectivity index (χ3v) is 3.94. The van der Waals surface area contributed by atoms with Crippen LogP contribution in [0.5, 0.6) is 0 Å². The maximum atomic E-state index is 12.6. The first-order valence-electron chi connectivity index (χ1n) is 8.38. The highest BCUT2D eigenvalue weighted by molar-refractivity contribution is 6.07. The summed E-state index contributed by atoms with van der Waals surface area (Å²) in [4.78, 5) is 27.7. The third kappa shape index (κ3) is 3.65. The summed E-state index contributed by atoms with van der Waals surface area (Å²) in [5.41, 5.74) is 2.94. The summed E-state index contributed by atoms with van der Waals surface area (Å²) in [6.45, 7) is 4.28. The highest BCUT2D eigenvalue weighted by Crippen LogP contribution is 2.25. The first-order valence-corrected chi connectivity index (χ1v) is 8.38. The smallest absolute Gasteiger partial charge is 0.254 e. The third-order valence-electron chi connectivity index (χ3n) is 3.94. The van der Waals surface area contributed by atoms with E-state index < -0.39 is 0 Å². The van der Waals surface area contributed by atoms with Crippen molar-refractivity contribution in [1.82, 2.24) is 19.9 Å². The molecule has 0 fully saturated rings. The summed E-state index contributed by atoms with van der Waals surface area (Å²) in [7, 11) is 3.50. The highest BCUT2D eigenvalue weighted by Gasteiger charge is 2.15. The lowest BCUT2D eigenvalue weighted by Crippen LogP contribution is -2.22. The summed E-state index contributed by atoms with van der Waals surface area (Å²) in [5, 5.41) is 0.849. The van der Waals surface area contributed by atoms with Crippen LogP contribution in [0.1, 0.15) is 30.0 Å². The average molecular weight is 334 g/mol. The molecule has 0 aliphatic heterocycles. The minimum absolute atomic E-state index is 0.0443. The Morgan fingerprint density at radius 3 is 2.44 bits per heavy atom. The van der Waals surface area contributed by atoms with Crippen molar-refractivity contribution < 1.29 is 4.79 Å². The van der Waals surface area contributed by atoms with E-state index in [0.29, 0.717) is 17.2 Å². The van der Waals surface area contributed by atoms with E-state index in [2.05, 4.69) is 28.8 Å². The quantitative estimate of drug-likeness (QED) is 0.731. The van der Waals surface area contributed by atoms with E-state index in [1.165, 1.54) is 0 Å². The second-order valence-electron chi connectivity index (χ2n) is 6.76. The van der Waals surface area contributed by atoms with Gasteiger partial charge in [0.25, 0.3) is 5.91 Å². The minimum atomic E-state index is -0.0443. The van der Waals surface area contributed by atoms with Crippen LogP contribution in [0.4, 0.5) is 0 Å². The van der Waals surface area contributed by atoms with Crippen LogP contribution in [-0.2, 0) is 6.42 Å². The number of pyridine rings is 1. The number of benzene rings is 1. The van der Waals surface area contributed by atoms with Crippen LogP contribution in [0.2, 0.25) is 0 Å². The molecule has 0 aliphatic rings. The van der Waals surface area contributed by atoms with Gasteiger partial charge in [-0.15, -0.1) is 0 Å². The Balaban J connectivity index is 2.09. The van der Waals surface area contributed by atoms with Crippen LogP contribution in [0.25, 0.3) is 22.2 Å². The van der Waals surface area contributed by atoms with Gasteiger partial charge < -0.3 is 4.90 Å². The second-order valence-corrected chi connectivity index (χ2v) is 6.76. The number of amides is 1. The first-order chi connectivity index (χ1) is 12.0. The van der Waals surface area contributed by atoms with E-state index in [1.54, 1.807) is 31.4 Å². The van der Waals surface area contributed by atoms with Crippen molar-refractivity contribution in [2.45, 2.75) is 20.3 Å². The van der Waals surface area contributed by atoms with Gasteiger partial charge >= 0.3 is 0 Å². The van der Waals surface area contributed by atoms with Gasteiger partial charge in [0.2, 0.25) is 0 Å². The Bertz CT molecular complexity index is 901. The average Bonchev–Trinajstić information content (AvgIpc) is 2.60. The SMILES string of the molecule is CC(C)Cc1ncc(-c2cc(C(=O)N(C)C)c3ccccc3n2)cn1. The predicted molar refractivity (Wildman–Crippen MR) is 99.3 cm³/mol. The molecule has 0 aliphatic carbocycles. The van der Waals surface area contributed by atoms with E-state index in [0.717, 1.165) is 28.7 Å². The molecular weight excluding hydrogens is 312 g/mol. The molecule has 0 atom stereocenters. The fourth-order valence-corrected chi connectivity index (χ4v) is 2.70. The van der Waals surface area contributed by atoms with Crippen LogP contribution in [-0.4, -0.2) is 39.9 Å². The van der Waals surface area contributed by atoms with Crippen molar-refractivity contribution in [3.63, 3.8) is 0 Å². The van der Waals surface area contributed by atoms with Crippen LogP contribution >= 0.6 is 0 Å². The fourth-order valence-electron chi connectivity index (χ4n) is 2.70. The summed E-state index contributed by atoms with van der Waals surface area (Å²) in [6.07, 6.45) is 4.41. The molecule has 0 saturated carbocycles. The lowest BCUT2D eigenvalue weighted by molar-refractivity contribution is 0.0829. The Labute approximate surface area is 147 Å². The molecule has 1 aromatic carbocycles. The molecule has 0 unspecified atom stereocenters. The largest absolute Gasteiger partial charge is 0.345 e. The van der Waals surface area contributed by atoms with E-state index in [9.17, 15) is 4.79 Å². The summed E-state index contributed by atoms with van der Waals surface area (Å²) < 4.78 is 0. The number of nitrogens with zero attached hydrogens (tertiary/aromatic N) is 4. The van der Waals surface area contributed by atoms with Crippen molar-refractivity contribution in [2.75, 3.05) is 14.1 Å². The molecule has 0 radical (unpaired) electrons. The highest BCUT2D eigenvalue weighted by atomic mass is 16.2. The Morgan fingerprint density at radius 2 is 1.80 bits per heavy atom. The van der Waals surface area contributed by atoms with Crippen molar-refractivity contribution in [3.05, 3.63) is 54.1 Å². The van der Waals surface area contributed by atoms with Gasteiger partial charge in [-0.2, -0.15) is 0 Å². The summed E-state index contributed by atoms with van der Waals surface area (Å²) >= 11 is 0. The minimum Gasteiger partial charge on any atom is -0.345 e. The first kappa shape index (κ1) is 17.0.